The van der Waals surface area contributed by atoms with Crippen molar-refractivity contribution in [2.24, 2.45) is 0 Å². The fourth-order valence-corrected chi connectivity index (χ4v) is 3.88. The van der Waals surface area contributed by atoms with Gasteiger partial charge in [0.25, 0.3) is 5.69 Å². The molecular formula is C24H21N7O2. The molecule has 9 nitrogen and oxygen atoms in total. The summed E-state index contributed by atoms with van der Waals surface area (Å²) in [5.74, 6) is 1.70. The van der Waals surface area contributed by atoms with Gasteiger partial charge in [-0.15, -0.1) is 10.2 Å². The van der Waals surface area contributed by atoms with Crippen LogP contribution in [-0.2, 0) is 0 Å². The van der Waals surface area contributed by atoms with Gasteiger partial charge in [-0.2, -0.15) is 0 Å². The molecule has 0 amide bonds. The molecule has 2 aromatic heterocycles. The predicted molar refractivity (Wildman–Crippen MR) is 126 cm³/mol. The summed E-state index contributed by atoms with van der Waals surface area (Å²) in [5.41, 5.74) is 3.29. The lowest BCUT2D eigenvalue weighted by Crippen LogP contribution is -2.47. The minimum absolute atomic E-state index is 0.0367. The Bertz CT molecular complexity index is 1260. The van der Waals surface area contributed by atoms with Crippen LogP contribution in [0.3, 0.4) is 0 Å². The molecule has 0 spiro atoms. The molecule has 33 heavy (non-hydrogen) atoms. The van der Waals surface area contributed by atoms with Crippen LogP contribution in [0.25, 0.3) is 22.5 Å². The van der Waals surface area contributed by atoms with Gasteiger partial charge >= 0.3 is 0 Å². The van der Waals surface area contributed by atoms with E-state index in [2.05, 4.69) is 30.0 Å². The first kappa shape index (κ1) is 20.5. The molecule has 0 atom stereocenters. The molecule has 9 heteroatoms. The Morgan fingerprint density at radius 3 is 2.12 bits per heavy atom. The van der Waals surface area contributed by atoms with Crippen molar-refractivity contribution in [1.29, 1.82) is 0 Å². The number of rotatable bonds is 5. The first-order valence-electron chi connectivity index (χ1n) is 10.6. The third kappa shape index (κ3) is 4.47. The minimum atomic E-state index is -0.411. The van der Waals surface area contributed by atoms with Crippen LogP contribution in [0.4, 0.5) is 17.3 Å². The van der Waals surface area contributed by atoms with Crippen molar-refractivity contribution in [1.82, 2.24) is 20.2 Å². The van der Waals surface area contributed by atoms with E-state index in [0.29, 0.717) is 11.3 Å². The molecule has 0 N–H and O–H groups in total. The Labute approximate surface area is 190 Å². The van der Waals surface area contributed by atoms with E-state index in [0.717, 1.165) is 49.1 Å². The van der Waals surface area contributed by atoms with Gasteiger partial charge in [-0.1, -0.05) is 42.5 Å². The minimum Gasteiger partial charge on any atom is -0.353 e. The third-order valence-electron chi connectivity index (χ3n) is 5.65. The normalized spacial score (nSPS) is 13.7. The molecule has 4 aromatic rings. The Hall–Kier alpha value is -4.40. The summed E-state index contributed by atoms with van der Waals surface area (Å²) in [6, 6.07) is 22.3. The maximum Gasteiger partial charge on any atom is 0.270 e. The summed E-state index contributed by atoms with van der Waals surface area (Å²) in [6.07, 6.45) is 1.61. The van der Waals surface area contributed by atoms with Gasteiger partial charge in [0, 0.05) is 55.5 Å². The summed E-state index contributed by atoms with van der Waals surface area (Å²) >= 11 is 0. The number of benzene rings is 2. The zero-order valence-electron chi connectivity index (χ0n) is 17.8. The highest BCUT2D eigenvalue weighted by atomic mass is 16.6. The zero-order chi connectivity index (χ0) is 22.6. The predicted octanol–water partition coefficient (Wildman–Crippen LogP) is 3.84. The van der Waals surface area contributed by atoms with Crippen LogP contribution in [0, 0.1) is 10.1 Å². The van der Waals surface area contributed by atoms with Gasteiger partial charge in [0.1, 0.15) is 12.1 Å². The van der Waals surface area contributed by atoms with E-state index in [1.54, 1.807) is 18.5 Å². The first-order chi connectivity index (χ1) is 16.2. The lowest BCUT2D eigenvalue weighted by molar-refractivity contribution is -0.384. The SMILES string of the molecule is O=[N+]([O-])c1cccc(-c2ccc(N3CCN(c4cc(-c5ccccc5)ncn4)CC3)nn2)c1. The summed E-state index contributed by atoms with van der Waals surface area (Å²) in [7, 11) is 0. The van der Waals surface area contributed by atoms with Crippen LogP contribution in [0.5, 0.6) is 0 Å². The monoisotopic (exact) mass is 439 g/mol. The highest BCUT2D eigenvalue weighted by Gasteiger charge is 2.20. The van der Waals surface area contributed by atoms with E-state index in [-0.39, 0.29) is 5.69 Å². The molecule has 164 valence electrons. The van der Waals surface area contributed by atoms with Crippen LogP contribution in [-0.4, -0.2) is 51.3 Å². The Morgan fingerprint density at radius 2 is 1.42 bits per heavy atom. The Kier molecular flexibility index (Phi) is 5.59. The Morgan fingerprint density at radius 1 is 0.697 bits per heavy atom. The number of aromatic nitrogens is 4. The number of hydrogen-bond donors (Lipinski definition) is 0. The van der Waals surface area contributed by atoms with Crippen molar-refractivity contribution < 1.29 is 4.92 Å². The van der Waals surface area contributed by atoms with Gasteiger partial charge in [-0.25, -0.2) is 9.97 Å². The van der Waals surface area contributed by atoms with E-state index in [1.165, 1.54) is 12.1 Å². The van der Waals surface area contributed by atoms with Crippen molar-refractivity contribution in [3.63, 3.8) is 0 Å². The van der Waals surface area contributed by atoms with Crippen LogP contribution in [0.2, 0.25) is 0 Å². The van der Waals surface area contributed by atoms with E-state index in [4.69, 9.17) is 0 Å². The Balaban J connectivity index is 1.25. The molecule has 0 saturated carbocycles. The van der Waals surface area contributed by atoms with Crippen LogP contribution in [0.1, 0.15) is 0 Å². The maximum atomic E-state index is 11.0. The van der Waals surface area contributed by atoms with Crippen molar-refractivity contribution in [2.45, 2.75) is 0 Å². The standard InChI is InChI=1S/C24H21N7O2/c32-31(33)20-8-4-7-19(15-20)21-9-10-23(28-27-21)29-11-13-30(14-12-29)24-16-22(25-17-26-24)18-5-2-1-3-6-18/h1-10,15-17H,11-14H2. The van der Waals surface area contributed by atoms with E-state index in [1.807, 2.05) is 48.5 Å². The summed E-state index contributed by atoms with van der Waals surface area (Å²) in [4.78, 5) is 23.9. The average Bonchev–Trinajstić information content (AvgIpc) is 2.89. The van der Waals surface area contributed by atoms with Gasteiger partial charge in [0.15, 0.2) is 5.82 Å². The number of piperazine rings is 1. The van der Waals surface area contributed by atoms with Crippen LogP contribution >= 0.6 is 0 Å². The molecular weight excluding hydrogens is 418 g/mol. The third-order valence-corrected chi connectivity index (χ3v) is 5.65. The summed E-state index contributed by atoms with van der Waals surface area (Å²) in [5, 5.41) is 19.7. The van der Waals surface area contributed by atoms with Crippen LogP contribution in [0.15, 0.2) is 79.1 Å². The maximum absolute atomic E-state index is 11.0. The lowest BCUT2D eigenvalue weighted by atomic mass is 10.1. The van der Waals surface area contributed by atoms with E-state index < -0.39 is 4.92 Å². The molecule has 0 radical (unpaired) electrons. The highest BCUT2D eigenvalue weighted by Crippen LogP contribution is 2.25. The topological polar surface area (TPSA) is 101 Å². The van der Waals surface area contributed by atoms with Gasteiger partial charge in [0.05, 0.1) is 16.3 Å². The molecule has 2 aromatic carbocycles. The molecule has 1 fully saturated rings. The first-order valence-corrected chi connectivity index (χ1v) is 10.6. The summed E-state index contributed by atoms with van der Waals surface area (Å²) in [6.45, 7) is 3.18. The van der Waals surface area contributed by atoms with Gasteiger partial charge < -0.3 is 9.80 Å². The molecule has 0 bridgehead atoms. The largest absolute Gasteiger partial charge is 0.353 e. The number of nitrogens with zero attached hydrogens (tertiary/aromatic N) is 7. The quantitative estimate of drug-likeness (QED) is 0.342. The lowest BCUT2D eigenvalue weighted by Gasteiger charge is -2.35. The summed E-state index contributed by atoms with van der Waals surface area (Å²) < 4.78 is 0. The van der Waals surface area contributed by atoms with Crippen molar-refractivity contribution >= 4 is 17.3 Å². The fourth-order valence-electron chi connectivity index (χ4n) is 3.88. The number of hydrogen-bond acceptors (Lipinski definition) is 8. The highest BCUT2D eigenvalue weighted by molar-refractivity contribution is 5.64. The van der Waals surface area contributed by atoms with Crippen molar-refractivity contribution in [2.75, 3.05) is 36.0 Å². The molecule has 3 heterocycles. The van der Waals surface area contributed by atoms with E-state index in [9.17, 15) is 10.1 Å². The number of anilines is 2. The second-order valence-electron chi connectivity index (χ2n) is 7.69. The second-order valence-corrected chi connectivity index (χ2v) is 7.69. The van der Waals surface area contributed by atoms with Crippen LogP contribution < -0.4 is 9.80 Å². The average molecular weight is 439 g/mol. The van der Waals surface area contributed by atoms with Gasteiger partial charge in [-0.3, -0.25) is 10.1 Å². The van der Waals surface area contributed by atoms with Crippen molar-refractivity contribution in [3.8, 4) is 22.5 Å². The second kappa shape index (κ2) is 8.99. The molecule has 5 rings (SSSR count). The molecule has 0 unspecified atom stereocenters. The zero-order valence-corrected chi connectivity index (χ0v) is 17.8. The molecule has 1 saturated heterocycles. The molecule has 1 aliphatic rings. The fraction of sp³-hybridized carbons (Fsp3) is 0.167. The van der Waals surface area contributed by atoms with E-state index >= 15 is 0 Å². The number of nitro benzene ring substituents is 1. The van der Waals surface area contributed by atoms with Gasteiger partial charge in [-0.05, 0) is 12.1 Å². The number of nitro groups is 1. The molecule has 1 aliphatic heterocycles. The van der Waals surface area contributed by atoms with Gasteiger partial charge in [0.2, 0.25) is 0 Å². The smallest absolute Gasteiger partial charge is 0.270 e. The number of non-ortho nitro benzene ring substituents is 1. The van der Waals surface area contributed by atoms with Crippen molar-refractivity contribution in [3.05, 3.63) is 89.2 Å². The molecule has 0 aliphatic carbocycles.